The number of fused-ring (bicyclic) bond motifs is 1. The lowest BCUT2D eigenvalue weighted by atomic mass is 10.0. The first-order chi connectivity index (χ1) is 16.7. The number of nitrogens with one attached hydrogen (secondary N) is 1. The minimum absolute atomic E-state index is 0. The minimum atomic E-state index is -0.0309. The highest BCUT2D eigenvalue weighted by Gasteiger charge is 2.15. The topological polar surface area (TPSA) is 68.2 Å². The van der Waals surface area contributed by atoms with Gasteiger partial charge in [0.05, 0.1) is 12.8 Å². The lowest BCUT2D eigenvalue weighted by Gasteiger charge is -2.17. The van der Waals surface area contributed by atoms with E-state index in [2.05, 4.69) is 20.9 Å². The first kappa shape index (κ1) is 24.7. The number of amides is 1. The number of aromatic nitrogens is 2. The first-order valence-corrected chi connectivity index (χ1v) is 11.8. The maximum absolute atomic E-state index is 12.2. The van der Waals surface area contributed by atoms with E-state index in [4.69, 9.17) is 9.15 Å². The van der Waals surface area contributed by atoms with Crippen LogP contribution in [0, 0.1) is 0 Å². The molecule has 5 rings (SSSR count). The molecule has 1 N–H and O–H groups in total. The summed E-state index contributed by atoms with van der Waals surface area (Å²) >= 11 is 0. The SMILES string of the molecule is CCCNC(=O)c1cccc(C[n+]2ccc(-c3cnc(-c4ccc5c(c4)CCCO5)o3)cc2)c1.[Br-]. The number of ether oxygens (including phenoxy) is 1. The minimum Gasteiger partial charge on any atom is -1.00 e. The zero-order chi connectivity index (χ0) is 23.3. The van der Waals surface area contributed by atoms with E-state index in [0.717, 1.165) is 54.1 Å². The quantitative estimate of drug-likeness (QED) is 0.368. The van der Waals surface area contributed by atoms with Crippen molar-refractivity contribution in [3.63, 3.8) is 0 Å². The van der Waals surface area contributed by atoms with Gasteiger partial charge in [0.15, 0.2) is 24.7 Å². The van der Waals surface area contributed by atoms with E-state index < -0.39 is 0 Å². The van der Waals surface area contributed by atoms with Crippen LogP contribution < -0.4 is 31.6 Å². The molecule has 35 heavy (non-hydrogen) atoms. The molecule has 1 aliphatic heterocycles. The summed E-state index contributed by atoms with van der Waals surface area (Å²) in [6.07, 6.45) is 8.76. The van der Waals surface area contributed by atoms with Gasteiger partial charge in [0.25, 0.3) is 5.91 Å². The Morgan fingerprint density at radius 2 is 1.94 bits per heavy atom. The molecule has 0 saturated heterocycles. The molecule has 1 aliphatic rings. The summed E-state index contributed by atoms with van der Waals surface area (Å²) in [6.45, 7) is 4.18. The summed E-state index contributed by atoms with van der Waals surface area (Å²) in [7, 11) is 0. The molecule has 1 amide bonds. The number of oxazole rings is 1. The van der Waals surface area contributed by atoms with Crippen LogP contribution in [0.5, 0.6) is 5.75 Å². The molecule has 2 aromatic carbocycles. The predicted molar refractivity (Wildman–Crippen MR) is 130 cm³/mol. The summed E-state index contributed by atoms with van der Waals surface area (Å²) < 4.78 is 13.9. The van der Waals surface area contributed by atoms with Gasteiger partial charge in [0.2, 0.25) is 5.89 Å². The maximum Gasteiger partial charge on any atom is 0.251 e. The fraction of sp³-hybridized carbons (Fsp3) is 0.250. The van der Waals surface area contributed by atoms with E-state index in [1.54, 1.807) is 6.20 Å². The van der Waals surface area contributed by atoms with Crippen molar-refractivity contribution in [1.82, 2.24) is 10.3 Å². The van der Waals surface area contributed by atoms with Crippen LogP contribution in [0.2, 0.25) is 0 Å². The van der Waals surface area contributed by atoms with Crippen molar-refractivity contribution < 1.29 is 35.5 Å². The zero-order valence-electron chi connectivity index (χ0n) is 19.7. The Morgan fingerprint density at radius 3 is 2.77 bits per heavy atom. The van der Waals surface area contributed by atoms with Gasteiger partial charge >= 0.3 is 0 Å². The van der Waals surface area contributed by atoms with Crippen molar-refractivity contribution in [2.75, 3.05) is 13.2 Å². The molecule has 180 valence electrons. The molecule has 6 nitrogen and oxygen atoms in total. The number of carbonyl (C=O) groups is 1. The lowest BCUT2D eigenvalue weighted by Crippen LogP contribution is -3.00. The Balaban J connectivity index is 0.00000289. The average molecular weight is 534 g/mol. The highest BCUT2D eigenvalue weighted by molar-refractivity contribution is 5.94. The van der Waals surface area contributed by atoms with Gasteiger partial charge in [-0.3, -0.25) is 4.79 Å². The molecule has 2 aromatic heterocycles. The van der Waals surface area contributed by atoms with E-state index in [9.17, 15) is 4.79 Å². The number of rotatable bonds is 7. The maximum atomic E-state index is 12.2. The van der Waals surface area contributed by atoms with Gasteiger partial charge in [-0.1, -0.05) is 19.1 Å². The third-order valence-corrected chi connectivity index (χ3v) is 5.93. The number of carbonyl (C=O) groups excluding carboxylic acids is 1. The summed E-state index contributed by atoms with van der Waals surface area (Å²) in [4.78, 5) is 16.7. The number of pyridine rings is 1. The van der Waals surface area contributed by atoms with Gasteiger partial charge in [-0.15, -0.1) is 0 Å². The second kappa shape index (κ2) is 11.3. The van der Waals surface area contributed by atoms with Crippen molar-refractivity contribution in [2.24, 2.45) is 0 Å². The van der Waals surface area contributed by atoms with E-state index in [1.165, 1.54) is 5.56 Å². The molecule has 0 bridgehead atoms. The van der Waals surface area contributed by atoms with Gasteiger partial charge < -0.3 is 31.5 Å². The molecule has 0 aliphatic carbocycles. The van der Waals surface area contributed by atoms with E-state index in [-0.39, 0.29) is 22.9 Å². The summed E-state index contributed by atoms with van der Waals surface area (Å²) in [5, 5.41) is 2.93. The van der Waals surface area contributed by atoms with Crippen molar-refractivity contribution >= 4 is 5.91 Å². The monoisotopic (exact) mass is 533 g/mol. The first-order valence-electron chi connectivity index (χ1n) is 11.8. The van der Waals surface area contributed by atoms with Crippen molar-refractivity contribution in [3.8, 4) is 28.5 Å². The molecule has 0 spiro atoms. The van der Waals surface area contributed by atoms with Crippen molar-refractivity contribution in [3.05, 3.63) is 89.9 Å². The predicted octanol–water partition coefficient (Wildman–Crippen LogP) is 1.81. The molecular weight excluding hydrogens is 506 g/mol. The van der Waals surface area contributed by atoms with Gasteiger partial charge in [0, 0.05) is 40.9 Å². The van der Waals surface area contributed by atoms with Crippen molar-refractivity contribution in [1.29, 1.82) is 0 Å². The van der Waals surface area contributed by atoms with Crippen LogP contribution in [0.1, 0.15) is 41.3 Å². The molecule has 4 aromatic rings. The number of benzene rings is 2. The van der Waals surface area contributed by atoms with Crippen LogP contribution in [0.3, 0.4) is 0 Å². The third kappa shape index (κ3) is 5.80. The number of hydrogen-bond donors (Lipinski definition) is 1. The lowest BCUT2D eigenvalue weighted by molar-refractivity contribution is -0.688. The third-order valence-electron chi connectivity index (χ3n) is 5.93. The highest BCUT2D eigenvalue weighted by atomic mass is 79.9. The van der Waals surface area contributed by atoms with E-state index in [1.807, 2.05) is 67.8 Å². The highest BCUT2D eigenvalue weighted by Crippen LogP contribution is 2.31. The Labute approximate surface area is 215 Å². The second-order valence-electron chi connectivity index (χ2n) is 8.52. The van der Waals surface area contributed by atoms with Crippen LogP contribution in [-0.4, -0.2) is 24.0 Å². The Kier molecular flexibility index (Phi) is 7.98. The van der Waals surface area contributed by atoms with Gasteiger partial charge in [-0.05, 0) is 55.2 Å². The smallest absolute Gasteiger partial charge is 0.251 e. The summed E-state index contributed by atoms with van der Waals surface area (Å²) in [6, 6.07) is 17.9. The number of halogens is 1. The van der Waals surface area contributed by atoms with Crippen LogP contribution in [0.4, 0.5) is 0 Å². The van der Waals surface area contributed by atoms with Gasteiger partial charge in [-0.25, -0.2) is 9.55 Å². The Morgan fingerprint density at radius 1 is 1.09 bits per heavy atom. The summed E-state index contributed by atoms with van der Waals surface area (Å²) in [5.41, 5.74) is 4.89. The summed E-state index contributed by atoms with van der Waals surface area (Å²) in [5.74, 6) is 2.27. The van der Waals surface area contributed by atoms with Crippen LogP contribution in [0.15, 0.2) is 77.6 Å². The van der Waals surface area contributed by atoms with E-state index >= 15 is 0 Å². The van der Waals surface area contributed by atoms with Crippen molar-refractivity contribution in [2.45, 2.75) is 32.7 Å². The molecule has 7 heteroatoms. The fourth-order valence-corrected chi connectivity index (χ4v) is 4.12. The molecule has 0 fully saturated rings. The Hall–Kier alpha value is -3.45. The zero-order valence-corrected chi connectivity index (χ0v) is 21.3. The molecular formula is C28H28BrN3O3. The van der Waals surface area contributed by atoms with Crippen LogP contribution in [0.25, 0.3) is 22.8 Å². The van der Waals surface area contributed by atoms with Gasteiger partial charge in [0.1, 0.15) is 5.75 Å². The second-order valence-corrected chi connectivity index (χ2v) is 8.52. The number of nitrogens with zero attached hydrogens (tertiary/aromatic N) is 2. The van der Waals surface area contributed by atoms with Crippen LogP contribution >= 0.6 is 0 Å². The molecule has 3 heterocycles. The number of aryl methyl sites for hydroxylation is 1. The molecule has 0 unspecified atom stereocenters. The standard InChI is InChI=1S/C28H27N3O3.BrH/c1-2-12-29-27(32)23-6-3-5-20(16-23)19-31-13-10-21(11-14-31)26-18-30-28(34-26)24-8-9-25-22(17-24)7-4-15-33-25;/h3,5-6,8-11,13-14,16-18H,2,4,7,12,15,19H2,1H3;1H. The van der Waals surface area contributed by atoms with Crippen LogP contribution in [-0.2, 0) is 13.0 Å². The normalized spacial score (nSPS) is 12.3. The average Bonchev–Trinajstić information content (AvgIpc) is 3.38. The van der Waals surface area contributed by atoms with Gasteiger partial charge in [-0.2, -0.15) is 0 Å². The largest absolute Gasteiger partial charge is 1.00 e. The van der Waals surface area contributed by atoms with E-state index in [0.29, 0.717) is 24.5 Å². The number of hydrogen-bond acceptors (Lipinski definition) is 4. The fourth-order valence-electron chi connectivity index (χ4n) is 4.12. The molecule has 0 radical (unpaired) electrons. The molecule has 0 atom stereocenters. The Bertz CT molecular complexity index is 1300. The molecule has 0 saturated carbocycles.